The fraction of sp³-hybridized carbons (Fsp3) is 0.353. The Kier molecular flexibility index (Phi) is 7.87. The fourth-order valence-corrected chi connectivity index (χ4v) is 3.14. The van der Waals surface area contributed by atoms with Crippen molar-refractivity contribution < 1.29 is 4.79 Å². The van der Waals surface area contributed by atoms with Crippen molar-refractivity contribution in [2.24, 2.45) is 4.99 Å². The van der Waals surface area contributed by atoms with Gasteiger partial charge < -0.3 is 16.0 Å². The minimum Gasteiger partial charge on any atom is -0.356 e. The van der Waals surface area contributed by atoms with E-state index in [9.17, 15) is 4.79 Å². The topological polar surface area (TPSA) is 78.4 Å². The first kappa shape index (κ1) is 19.4. The number of aliphatic imine (C=N–C) groups is 1. The SMILES string of the molecule is CN=C(NCCNC(=O)c1ccc(Br)cc1)NCCc1ncc(C)s1. The van der Waals surface area contributed by atoms with Crippen molar-refractivity contribution >= 4 is 39.1 Å². The molecule has 0 spiro atoms. The Morgan fingerprint density at radius 2 is 1.84 bits per heavy atom. The summed E-state index contributed by atoms with van der Waals surface area (Å²) >= 11 is 5.06. The average molecular weight is 424 g/mol. The third-order valence-corrected chi connectivity index (χ3v) is 4.83. The highest BCUT2D eigenvalue weighted by Gasteiger charge is 2.04. The number of amides is 1. The largest absolute Gasteiger partial charge is 0.356 e. The van der Waals surface area contributed by atoms with Crippen LogP contribution in [-0.4, -0.2) is 43.5 Å². The third kappa shape index (κ3) is 6.83. The van der Waals surface area contributed by atoms with Crippen molar-refractivity contribution in [2.75, 3.05) is 26.7 Å². The first-order valence-electron chi connectivity index (χ1n) is 7.98. The standard InChI is InChI=1S/C17H22BrN5OS/c1-12-11-23-15(25-12)7-8-21-17(19-2)22-10-9-20-16(24)13-3-5-14(18)6-4-13/h3-6,11H,7-10H2,1-2H3,(H,20,24)(H2,19,21,22). The second-order valence-electron chi connectivity index (χ2n) is 5.30. The molecule has 1 heterocycles. The van der Waals surface area contributed by atoms with Crippen molar-refractivity contribution in [2.45, 2.75) is 13.3 Å². The first-order valence-corrected chi connectivity index (χ1v) is 9.59. The van der Waals surface area contributed by atoms with Crippen LogP contribution in [0.1, 0.15) is 20.2 Å². The predicted molar refractivity (Wildman–Crippen MR) is 106 cm³/mol. The number of aromatic nitrogens is 1. The predicted octanol–water partition coefficient (Wildman–Crippen LogP) is 2.35. The summed E-state index contributed by atoms with van der Waals surface area (Å²) in [5.74, 6) is 0.627. The number of halogens is 1. The van der Waals surface area contributed by atoms with E-state index >= 15 is 0 Å². The average Bonchev–Trinajstić information content (AvgIpc) is 3.02. The maximum atomic E-state index is 12.0. The van der Waals surface area contributed by atoms with Gasteiger partial charge in [-0.3, -0.25) is 9.79 Å². The fourth-order valence-electron chi connectivity index (χ4n) is 2.09. The highest BCUT2D eigenvalue weighted by molar-refractivity contribution is 9.10. The van der Waals surface area contributed by atoms with Crippen molar-refractivity contribution in [1.29, 1.82) is 0 Å². The molecule has 1 aromatic carbocycles. The lowest BCUT2D eigenvalue weighted by atomic mass is 10.2. The summed E-state index contributed by atoms with van der Waals surface area (Å²) in [5.41, 5.74) is 0.643. The molecule has 2 aromatic rings. The molecular formula is C17H22BrN5OS. The molecule has 0 saturated carbocycles. The van der Waals surface area contributed by atoms with Gasteiger partial charge >= 0.3 is 0 Å². The number of nitrogens with zero attached hydrogens (tertiary/aromatic N) is 2. The molecular weight excluding hydrogens is 402 g/mol. The molecule has 0 fully saturated rings. The lowest BCUT2D eigenvalue weighted by molar-refractivity contribution is 0.0954. The van der Waals surface area contributed by atoms with E-state index in [2.05, 4.69) is 48.8 Å². The van der Waals surface area contributed by atoms with Gasteiger partial charge in [0.15, 0.2) is 5.96 Å². The normalized spacial score (nSPS) is 11.2. The number of hydrogen-bond donors (Lipinski definition) is 3. The number of guanidine groups is 1. The van der Waals surface area contributed by atoms with Crippen molar-refractivity contribution in [3.05, 3.63) is 50.4 Å². The Hall–Kier alpha value is -1.93. The molecule has 0 unspecified atom stereocenters. The maximum absolute atomic E-state index is 12.0. The van der Waals surface area contributed by atoms with Crippen LogP contribution >= 0.6 is 27.3 Å². The quantitative estimate of drug-likeness (QED) is 0.362. The molecule has 0 aliphatic heterocycles. The molecule has 2 rings (SSSR count). The molecule has 0 saturated heterocycles. The number of rotatable bonds is 7. The zero-order valence-corrected chi connectivity index (χ0v) is 16.7. The van der Waals surface area contributed by atoms with Crippen molar-refractivity contribution in [1.82, 2.24) is 20.9 Å². The minimum absolute atomic E-state index is 0.0867. The van der Waals surface area contributed by atoms with Gasteiger partial charge in [-0.05, 0) is 31.2 Å². The van der Waals surface area contributed by atoms with Gasteiger partial charge in [-0.2, -0.15) is 0 Å². The smallest absolute Gasteiger partial charge is 0.251 e. The van der Waals surface area contributed by atoms with Crippen LogP contribution in [0.5, 0.6) is 0 Å². The van der Waals surface area contributed by atoms with Crippen LogP contribution in [0.2, 0.25) is 0 Å². The number of benzene rings is 1. The maximum Gasteiger partial charge on any atom is 0.251 e. The summed E-state index contributed by atoms with van der Waals surface area (Å²) in [5, 5.41) is 10.4. The number of aryl methyl sites for hydroxylation is 1. The summed E-state index contributed by atoms with van der Waals surface area (Å²) in [4.78, 5) is 21.7. The van der Waals surface area contributed by atoms with Gasteiger partial charge in [0, 0.05) is 54.2 Å². The number of hydrogen-bond acceptors (Lipinski definition) is 4. The Labute approximate surface area is 160 Å². The Morgan fingerprint density at radius 3 is 2.48 bits per heavy atom. The molecule has 8 heteroatoms. The monoisotopic (exact) mass is 423 g/mol. The van der Waals surface area contributed by atoms with Crippen LogP contribution < -0.4 is 16.0 Å². The molecule has 6 nitrogen and oxygen atoms in total. The highest BCUT2D eigenvalue weighted by atomic mass is 79.9. The van der Waals surface area contributed by atoms with E-state index in [0.29, 0.717) is 24.6 Å². The van der Waals surface area contributed by atoms with Gasteiger partial charge in [0.1, 0.15) is 0 Å². The summed E-state index contributed by atoms with van der Waals surface area (Å²) < 4.78 is 0.952. The number of nitrogens with one attached hydrogen (secondary N) is 3. The van der Waals surface area contributed by atoms with Gasteiger partial charge in [0.05, 0.1) is 5.01 Å². The Bertz CT molecular complexity index is 714. The summed E-state index contributed by atoms with van der Waals surface area (Å²) in [6.45, 7) is 3.93. The van der Waals surface area contributed by atoms with Gasteiger partial charge in [0.2, 0.25) is 0 Å². The second kappa shape index (κ2) is 10.1. The lowest BCUT2D eigenvalue weighted by Crippen LogP contribution is -2.42. The van der Waals surface area contributed by atoms with Crippen LogP contribution in [-0.2, 0) is 6.42 Å². The number of carbonyl (C=O) groups is 1. The van der Waals surface area contributed by atoms with Crippen LogP contribution in [0.25, 0.3) is 0 Å². The van der Waals surface area contributed by atoms with Crippen LogP contribution in [0.3, 0.4) is 0 Å². The molecule has 0 bridgehead atoms. The Balaban J connectivity index is 1.63. The molecule has 3 N–H and O–H groups in total. The van der Waals surface area contributed by atoms with E-state index in [1.54, 1.807) is 30.5 Å². The molecule has 0 atom stereocenters. The van der Waals surface area contributed by atoms with Crippen molar-refractivity contribution in [3.8, 4) is 0 Å². The van der Waals surface area contributed by atoms with E-state index in [4.69, 9.17) is 0 Å². The molecule has 0 radical (unpaired) electrons. The summed E-state index contributed by atoms with van der Waals surface area (Å²) in [7, 11) is 1.73. The van der Waals surface area contributed by atoms with Crippen LogP contribution in [0, 0.1) is 6.92 Å². The molecule has 1 aromatic heterocycles. The van der Waals surface area contributed by atoms with E-state index < -0.39 is 0 Å². The lowest BCUT2D eigenvalue weighted by Gasteiger charge is -2.12. The molecule has 0 aliphatic carbocycles. The zero-order chi connectivity index (χ0) is 18.1. The first-order chi connectivity index (χ1) is 12.1. The zero-order valence-electron chi connectivity index (χ0n) is 14.3. The van der Waals surface area contributed by atoms with Gasteiger partial charge in [-0.15, -0.1) is 11.3 Å². The number of carbonyl (C=O) groups excluding carboxylic acids is 1. The van der Waals surface area contributed by atoms with E-state index in [-0.39, 0.29) is 5.91 Å². The molecule has 25 heavy (non-hydrogen) atoms. The van der Waals surface area contributed by atoms with E-state index in [1.165, 1.54) is 4.88 Å². The van der Waals surface area contributed by atoms with Gasteiger partial charge in [0.25, 0.3) is 5.91 Å². The van der Waals surface area contributed by atoms with Crippen LogP contribution in [0.4, 0.5) is 0 Å². The molecule has 1 amide bonds. The minimum atomic E-state index is -0.0867. The molecule has 134 valence electrons. The number of thiazole rings is 1. The van der Waals surface area contributed by atoms with E-state index in [1.807, 2.05) is 18.3 Å². The molecule has 0 aliphatic rings. The van der Waals surface area contributed by atoms with Gasteiger partial charge in [-0.1, -0.05) is 15.9 Å². The van der Waals surface area contributed by atoms with Crippen molar-refractivity contribution in [3.63, 3.8) is 0 Å². The van der Waals surface area contributed by atoms with E-state index in [0.717, 1.165) is 22.4 Å². The highest BCUT2D eigenvalue weighted by Crippen LogP contribution is 2.11. The summed E-state index contributed by atoms with van der Waals surface area (Å²) in [6, 6.07) is 7.27. The summed E-state index contributed by atoms with van der Waals surface area (Å²) in [6.07, 6.45) is 2.75. The van der Waals surface area contributed by atoms with Crippen LogP contribution in [0.15, 0.2) is 39.9 Å². The second-order valence-corrected chi connectivity index (χ2v) is 7.54. The third-order valence-electron chi connectivity index (χ3n) is 3.33. The Morgan fingerprint density at radius 1 is 1.16 bits per heavy atom. The van der Waals surface area contributed by atoms with Gasteiger partial charge in [-0.25, -0.2) is 4.98 Å².